The SMILES string of the molecule is CN(C)C(=O)N1CCC(c2ncnc3[nH]c4cc(S(=O)(=O)NC5(C)CC5)ccc4c23)CC1. The fourth-order valence-corrected chi connectivity index (χ4v) is 6.00. The number of carbonyl (C=O) groups excluding carboxylic acids is 1. The zero-order valence-electron chi connectivity index (χ0n) is 18.6. The number of nitrogens with zero attached hydrogens (tertiary/aromatic N) is 4. The zero-order valence-corrected chi connectivity index (χ0v) is 19.4. The Kier molecular flexibility index (Phi) is 4.90. The summed E-state index contributed by atoms with van der Waals surface area (Å²) in [5, 5.41) is 1.85. The highest BCUT2D eigenvalue weighted by atomic mass is 32.2. The fraction of sp³-hybridized carbons (Fsp3) is 0.500. The predicted octanol–water partition coefficient (Wildman–Crippen LogP) is 2.80. The third kappa shape index (κ3) is 3.71. The predicted molar refractivity (Wildman–Crippen MR) is 122 cm³/mol. The lowest BCUT2D eigenvalue weighted by molar-refractivity contribution is 0.156. The molecule has 2 fully saturated rings. The van der Waals surface area contributed by atoms with E-state index >= 15 is 0 Å². The molecule has 3 heterocycles. The van der Waals surface area contributed by atoms with Gasteiger partial charge in [-0.3, -0.25) is 0 Å². The monoisotopic (exact) mass is 456 g/mol. The van der Waals surface area contributed by atoms with E-state index in [1.54, 1.807) is 37.5 Å². The molecule has 2 aliphatic rings. The van der Waals surface area contributed by atoms with Crippen molar-refractivity contribution in [3.63, 3.8) is 0 Å². The van der Waals surface area contributed by atoms with Gasteiger partial charge in [-0.25, -0.2) is 27.9 Å². The first-order valence-electron chi connectivity index (χ1n) is 10.9. The molecule has 1 saturated carbocycles. The molecular weight excluding hydrogens is 428 g/mol. The summed E-state index contributed by atoms with van der Waals surface area (Å²) in [6, 6.07) is 5.20. The summed E-state index contributed by atoms with van der Waals surface area (Å²) in [4.78, 5) is 28.3. The number of likely N-dealkylation sites (tertiary alicyclic amines) is 1. The Hall–Kier alpha value is -2.72. The van der Waals surface area contributed by atoms with E-state index in [-0.39, 0.29) is 22.4 Å². The molecule has 9 nitrogen and oxygen atoms in total. The van der Waals surface area contributed by atoms with Crippen LogP contribution in [-0.2, 0) is 10.0 Å². The minimum absolute atomic E-state index is 0.0331. The van der Waals surface area contributed by atoms with Crippen molar-refractivity contribution in [3.05, 3.63) is 30.2 Å². The Balaban J connectivity index is 1.47. The van der Waals surface area contributed by atoms with Crippen molar-refractivity contribution in [2.75, 3.05) is 27.2 Å². The van der Waals surface area contributed by atoms with E-state index in [1.807, 2.05) is 17.9 Å². The van der Waals surface area contributed by atoms with Crippen molar-refractivity contribution >= 4 is 38.0 Å². The molecule has 3 aromatic rings. The Morgan fingerprint density at radius 2 is 1.94 bits per heavy atom. The number of urea groups is 1. The first-order chi connectivity index (χ1) is 15.2. The van der Waals surface area contributed by atoms with Crippen molar-refractivity contribution in [1.29, 1.82) is 0 Å². The molecule has 0 unspecified atom stereocenters. The minimum Gasteiger partial charge on any atom is -0.339 e. The maximum Gasteiger partial charge on any atom is 0.319 e. The van der Waals surface area contributed by atoms with Crippen LogP contribution >= 0.6 is 0 Å². The number of sulfonamides is 1. The van der Waals surface area contributed by atoms with Gasteiger partial charge in [0.15, 0.2) is 0 Å². The zero-order chi connectivity index (χ0) is 22.7. The van der Waals surface area contributed by atoms with E-state index < -0.39 is 10.0 Å². The largest absolute Gasteiger partial charge is 0.339 e. The smallest absolute Gasteiger partial charge is 0.319 e. The third-order valence-electron chi connectivity index (χ3n) is 6.62. The van der Waals surface area contributed by atoms with E-state index in [2.05, 4.69) is 19.7 Å². The van der Waals surface area contributed by atoms with Gasteiger partial charge in [0.05, 0.1) is 10.6 Å². The number of nitrogens with one attached hydrogen (secondary N) is 2. The molecule has 10 heteroatoms. The summed E-state index contributed by atoms with van der Waals surface area (Å²) in [5.41, 5.74) is 2.06. The highest BCUT2D eigenvalue weighted by Gasteiger charge is 2.41. The minimum atomic E-state index is -3.58. The third-order valence-corrected chi connectivity index (χ3v) is 8.25. The average Bonchev–Trinajstić information content (AvgIpc) is 3.35. The topological polar surface area (TPSA) is 111 Å². The molecule has 32 heavy (non-hydrogen) atoms. The number of aromatic nitrogens is 3. The van der Waals surface area contributed by atoms with Crippen LogP contribution in [0.2, 0.25) is 0 Å². The lowest BCUT2D eigenvalue weighted by atomic mass is 9.91. The van der Waals surface area contributed by atoms with Crippen molar-refractivity contribution in [1.82, 2.24) is 29.5 Å². The summed E-state index contributed by atoms with van der Waals surface area (Å²) in [6.07, 6.45) is 4.93. The second-order valence-corrected chi connectivity index (χ2v) is 11.1. The van der Waals surface area contributed by atoms with Gasteiger partial charge in [0.25, 0.3) is 0 Å². The Labute approximate surface area is 187 Å². The van der Waals surface area contributed by atoms with Crippen molar-refractivity contribution in [2.24, 2.45) is 0 Å². The number of H-pyrrole nitrogens is 1. The molecule has 1 aliphatic heterocycles. The molecule has 1 saturated heterocycles. The van der Waals surface area contributed by atoms with Gasteiger partial charge in [0.2, 0.25) is 10.0 Å². The quantitative estimate of drug-likeness (QED) is 0.627. The van der Waals surface area contributed by atoms with Gasteiger partial charge in [0, 0.05) is 54.9 Å². The number of benzene rings is 1. The lowest BCUT2D eigenvalue weighted by Gasteiger charge is -2.33. The number of hydrogen-bond acceptors (Lipinski definition) is 5. The number of rotatable bonds is 4. The van der Waals surface area contributed by atoms with Crippen LogP contribution in [0.15, 0.2) is 29.4 Å². The van der Waals surface area contributed by atoms with Crippen molar-refractivity contribution in [2.45, 2.75) is 49.0 Å². The number of amides is 2. The first-order valence-corrected chi connectivity index (χ1v) is 12.4. The number of hydrogen-bond donors (Lipinski definition) is 2. The van der Waals surface area contributed by atoms with Crippen LogP contribution in [0.3, 0.4) is 0 Å². The summed E-state index contributed by atoms with van der Waals surface area (Å²) >= 11 is 0. The molecular formula is C22H28N6O3S. The molecule has 0 spiro atoms. The molecule has 0 radical (unpaired) electrons. The van der Waals surface area contributed by atoms with Gasteiger partial charge in [-0.2, -0.15) is 0 Å². The van der Waals surface area contributed by atoms with E-state index in [4.69, 9.17) is 0 Å². The molecule has 0 bridgehead atoms. The van der Waals surface area contributed by atoms with Crippen LogP contribution in [0.4, 0.5) is 4.79 Å². The second kappa shape index (κ2) is 7.41. The van der Waals surface area contributed by atoms with Crippen LogP contribution in [0, 0.1) is 0 Å². The molecule has 170 valence electrons. The molecule has 0 atom stereocenters. The van der Waals surface area contributed by atoms with Crippen LogP contribution in [0.25, 0.3) is 21.9 Å². The molecule has 1 aromatic carbocycles. The van der Waals surface area contributed by atoms with E-state index in [1.165, 1.54) is 0 Å². The second-order valence-electron chi connectivity index (χ2n) is 9.42. The van der Waals surface area contributed by atoms with Gasteiger partial charge in [-0.15, -0.1) is 0 Å². The van der Waals surface area contributed by atoms with Gasteiger partial charge in [-0.1, -0.05) is 6.07 Å². The molecule has 2 aromatic heterocycles. The van der Waals surface area contributed by atoms with Crippen LogP contribution < -0.4 is 4.72 Å². The molecule has 1 aliphatic carbocycles. The van der Waals surface area contributed by atoms with Crippen LogP contribution in [0.1, 0.15) is 44.2 Å². The Morgan fingerprint density at radius 3 is 2.59 bits per heavy atom. The molecule has 5 rings (SSSR count). The summed E-state index contributed by atoms with van der Waals surface area (Å²) in [5.74, 6) is 0.214. The molecule has 2 amide bonds. The highest BCUT2D eigenvalue weighted by Crippen LogP contribution is 2.38. The number of aromatic amines is 1. The average molecular weight is 457 g/mol. The van der Waals surface area contributed by atoms with E-state index in [0.717, 1.165) is 47.7 Å². The molecule has 2 N–H and O–H groups in total. The first kappa shape index (κ1) is 21.1. The highest BCUT2D eigenvalue weighted by molar-refractivity contribution is 7.89. The fourth-order valence-electron chi connectivity index (χ4n) is 4.51. The van der Waals surface area contributed by atoms with E-state index in [0.29, 0.717) is 18.7 Å². The lowest BCUT2D eigenvalue weighted by Crippen LogP contribution is -2.43. The van der Waals surface area contributed by atoms with Crippen molar-refractivity contribution < 1.29 is 13.2 Å². The normalized spacial score (nSPS) is 18.9. The van der Waals surface area contributed by atoms with Gasteiger partial charge in [-0.05, 0) is 44.7 Å². The number of piperidine rings is 1. The summed E-state index contributed by atoms with van der Waals surface area (Å²) in [6.45, 7) is 3.29. The summed E-state index contributed by atoms with van der Waals surface area (Å²) < 4.78 is 28.4. The summed E-state index contributed by atoms with van der Waals surface area (Å²) in [7, 11) is -0.0495. The number of carbonyl (C=O) groups is 1. The Morgan fingerprint density at radius 1 is 1.22 bits per heavy atom. The standard InChI is InChI=1S/C22H28N6O3S/c1-22(8-9-22)26-32(30,31)15-4-5-16-17(12-15)25-20-18(16)19(23-13-24-20)14-6-10-28(11-7-14)21(29)27(2)3/h4-5,12-14,26H,6-11H2,1-3H3,(H,23,24,25). The van der Waals surface area contributed by atoms with Crippen LogP contribution in [0.5, 0.6) is 0 Å². The maximum absolute atomic E-state index is 12.8. The Bertz CT molecular complexity index is 1300. The van der Waals surface area contributed by atoms with Gasteiger partial charge in [0.1, 0.15) is 12.0 Å². The van der Waals surface area contributed by atoms with Crippen LogP contribution in [-0.4, -0.2) is 71.9 Å². The number of fused-ring (bicyclic) bond motifs is 3. The van der Waals surface area contributed by atoms with Gasteiger partial charge < -0.3 is 14.8 Å². The maximum atomic E-state index is 12.8. The van der Waals surface area contributed by atoms with Crippen molar-refractivity contribution in [3.8, 4) is 0 Å². The van der Waals surface area contributed by atoms with E-state index in [9.17, 15) is 13.2 Å². The van der Waals surface area contributed by atoms with Gasteiger partial charge >= 0.3 is 6.03 Å².